The van der Waals surface area contributed by atoms with Crippen LogP contribution in [0.4, 0.5) is 5.13 Å². The number of aromatic nitrogens is 1. The lowest BCUT2D eigenvalue weighted by atomic mass is 10.0. The summed E-state index contributed by atoms with van der Waals surface area (Å²) >= 11 is 13.2. The molecule has 1 amide bonds. The fourth-order valence-corrected chi connectivity index (χ4v) is 5.02. The van der Waals surface area contributed by atoms with Gasteiger partial charge in [0.2, 0.25) is 15.9 Å². The third-order valence-corrected chi connectivity index (χ3v) is 6.92. The predicted octanol–water partition coefficient (Wildman–Crippen LogP) is 3.87. The van der Waals surface area contributed by atoms with E-state index in [-0.39, 0.29) is 5.91 Å². The number of sulfonamides is 1. The molecule has 1 aliphatic rings. The van der Waals surface area contributed by atoms with Crippen molar-refractivity contribution in [3.63, 3.8) is 0 Å². The third-order valence-electron chi connectivity index (χ3n) is 4.13. The first-order valence-corrected chi connectivity index (χ1v) is 11.4. The van der Waals surface area contributed by atoms with E-state index >= 15 is 0 Å². The molecule has 26 heavy (non-hydrogen) atoms. The van der Waals surface area contributed by atoms with Crippen molar-refractivity contribution in [3.8, 4) is 11.3 Å². The van der Waals surface area contributed by atoms with Gasteiger partial charge >= 0.3 is 0 Å². The Morgan fingerprint density at radius 1 is 1.31 bits per heavy atom. The second-order valence-corrected chi connectivity index (χ2v) is 9.65. The van der Waals surface area contributed by atoms with E-state index in [4.69, 9.17) is 23.2 Å². The number of nitrogens with zero attached hydrogens (tertiary/aromatic N) is 2. The molecule has 0 aliphatic carbocycles. The van der Waals surface area contributed by atoms with Gasteiger partial charge in [-0.3, -0.25) is 4.79 Å². The van der Waals surface area contributed by atoms with Crippen LogP contribution in [0.1, 0.15) is 19.3 Å². The van der Waals surface area contributed by atoms with Gasteiger partial charge in [0.25, 0.3) is 0 Å². The van der Waals surface area contributed by atoms with E-state index in [1.165, 1.54) is 15.6 Å². The first kappa shape index (κ1) is 19.6. The molecule has 1 aromatic carbocycles. The smallest absolute Gasteiger partial charge is 0.244 e. The van der Waals surface area contributed by atoms with E-state index in [0.717, 1.165) is 24.7 Å². The molecule has 0 saturated carbocycles. The average Bonchev–Trinajstić information content (AvgIpc) is 3.05. The summed E-state index contributed by atoms with van der Waals surface area (Å²) in [6.45, 7) is 0.364. The molecule has 1 N–H and O–H groups in total. The number of amides is 1. The summed E-state index contributed by atoms with van der Waals surface area (Å²) in [6.07, 6.45) is 3.21. The Bertz CT molecular complexity index is 931. The Kier molecular flexibility index (Phi) is 5.88. The first-order chi connectivity index (χ1) is 12.3. The first-order valence-electron chi connectivity index (χ1n) is 7.94. The zero-order chi connectivity index (χ0) is 18.9. The van der Waals surface area contributed by atoms with E-state index < -0.39 is 16.1 Å². The maximum absolute atomic E-state index is 12.6. The molecular formula is C16H17Cl2N3O3S2. The fourth-order valence-electron chi connectivity index (χ4n) is 2.87. The standard InChI is InChI=1S/C16H17Cl2N3O3S2/c1-26(23,24)21-7-3-2-4-14(21)15(22)20-16-19-13(9-25-16)10-5-6-11(17)12(18)8-10/h5-6,8-9,14H,2-4,7H2,1H3,(H,19,20,22). The zero-order valence-electron chi connectivity index (χ0n) is 13.9. The van der Waals surface area contributed by atoms with Gasteiger partial charge in [0.05, 0.1) is 22.0 Å². The Balaban J connectivity index is 1.75. The Morgan fingerprint density at radius 2 is 2.08 bits per heavy atom. The zero-order valence-corrected chi connectivity index (χ0v) is 17.1. The molecule has 2 aromatic rings. The molecule has 0 radical (unpaired) electrons. The third kappa shape index (κ3) is 4.37. The summed E-state index contributed by atoms with van der Waals surface area (Å²) in [5.41, 5.74) is 1.44. The van der Waals surface area contributed by atoms with Gasteiger partial charge in [-0.2, -0.15) is 4.31 Å². The summed E-state index contributed by atoms with van der Waals surface area (Å²) in [6, 6.07) is 4.48. The van der Waals surface area contributed by atoms with Crippen molar-refractivity contribution in [1.82, 2.24) is 9.29 Å². The van der Waals surface area contributed by atoms with Gasteiger partial charge in [-0.1, -0.05) is 35.7 Å². The van der Waals surface area contributed by atoms with Crippen molar-refractivity contribution in [2.75, 3.05) is 18.1 Å². The lowest BCUT2D eigenvalue weighted by Gasteiger charge is -2.32. The predicted molar refractivity (Wildman–Crippen MR) is 105 cm³/mol. The van der Waals surface area contributed by atoms with Crippen LogP contribution >= 0.6 is 34.5 Å². The van der Waals surface area contributed by atoms with Crippen LogP contribution in [-0.4, -0.2) is 42.5 Å². The van der Waals surface area contributed by atoms with Crippen molar-refractivity contribution in [3.05, 3.63) is 33.6 Å². The maximum atomic E-state index is 12.6. The lowest BCUT2D eigenvalue weighted by Crippen LogP contribution is -2.49. The van der Waals surface area contributed by atoms with Crippen molar-refractivity contribution in [2.24, 2.45) is 0 Å². The number of benzene rings is 1. The number of carbonyl (C=O) groups is 1. The summed E-state index contributed by atoms with van der Waals surface area (Å²) in [7, 11) is -3.43. The molecule has 140 valence electrons. The van der Waals surface area contributed by atoms with Gasteiger partial charge < -0.3 is 5.32 Å². The molecule has 1 unspecified atom stereocenters. The minimum atomic E-state index is -3.43. The highest BCUT2D eigenvalue weighted by Gasteiger charge is 2.34. The topological polar surface area (TPSA) is 79.4 Å². The number of hydrogen-bond donors (Lipinski definition) is 1. The van der Waals surface area contributed by atoms with Crippen LogP contribution in [0.2, 0.25) is 10.0 Å². The second kappa shape index (κ2) is 7.82. The van der Waals surface area contributed by atoms with Gasteiger partial charge in [0, 0.05) is 17.5 Å². The summed E-state index contributed by atoms with van der Waals surface area (Å²) < 4.78 is 25.1. The molecule has 2 heterocycles. The number of hydrogen-bond acceptors (Lipinski definition) is 5. The van der Waals surface area contributed by atoms with Gasteiger partial charge in [-0.15, -0.1) is 11.3 Å². The molecule has 3 rings (SSSR count). The van der Waals surface area contributed by atoms with Crippen LogP contribution < -0.4 is 5.32 Å². The van der Waals surface area contributed by atoms with Gasteiger partial charge in [-0.25, -0.2) is 13.4 Å². The number of piperidine rings is 1. The lowest BCUT2D eigenvalue weighted by molar-refractivity contribution is -0.120. The number of thiazole rings is 1. The largest absolute Gasteiger partial charge is 0.301 e. The molecule has 1 aliphatic heterocycles. The number of halogens is 2. The Labute approximate surface area is 166 Å². The highest BCUT2D eigenvalue weighted by molar-refractivity contribution is 7.88. The average molecular weight is 434 g/mol. The van der Waals surface area contributed by atoms with Gasteiger partial charge in [0.15, 0.2) is 5.13 Å². The Hall–Kier alpha value is -1.19. The summed E-state index contributed by atoms with van der Waals surface area (Å²) in [4.78, 5) is 17.0. The molecule has 1 aromatic heterocycles. The highest BCUT2D eigenvalue weighted by atomic mass is 35.5. The molecule has 0 spiro atoms. The van der Waals surface area contributed by atoms with Crippen LogP contribution in [0, 0.1) is 0 Å². The Morgan fingerprint density at radius 3 is 2.77 bits per heavy atom. The molecule has 1 fully saturated rings. The molecule has 1 atom stereocenters. The quantitative estimate of drug-likeness (QED) is 0.793. The number of carbonyl (C=O) groups excluding carboxylic acids is 1. The number of rotatable bonds is 4. The van der Waals surface area contributed by atoms with Crippen molar-refractivity contribution in [2.45, 2.75) is 25.3 Å². The van der Waals surface area contributed by atoms with E-state index in [0.29, 0.717) is 33.8 Å². The van der Waals surface area contributed by atoms with Gasteiger partial charge in [0.1, 0.15) is 6.04 Å². The highest BCUT2D eigenvalue weighted by Crippen LogP contribution is 2.31. The minimum Gasteiger partial charge on any atom is -0.301 e. The van der Waals surface area contributed by atoms with E-state index in [1.807, 2.05) is 0 Å². The number of nitrogens with one attached hydrogen (secondary N) is 1. The maximum Gasteiger partial charge on any atom is 0.244 e. The molecule has 0 bridgehead atoms. The fraction of sp³-hybridized carbons (Fsp3) is 0.375. The normalized spacial score (nSPS) is 18.7. The van der Waals surface area contributed by atoms with Crippen LogP contribution in [-0.2, 0) is 14.8 Å². The van der Waals surface area contributed by atoms with Crippen LogP contribution in [0.15, 0.2) is 23.6 Å². The minimum absolute atomic E-state index is 0.356. The van der Waals surface area contributed by atoms with Crippen molar-refractivity contribution >= 4 is 55.6 Å². The second-order valence-electron chi connectivity index (χ2n) is 6.04. The number of anilines is 1. The van der Waals surface area contributed by atoms with Crippen molar-refractivity contribution in [1.29, 1.82) is 0 Å². The van der Waals surface area contributed by atoms with E-state index in [1.54, 1.807) is 23.6 Å². The van der Waals surface area contributed by atoms with Crippen molar-refractivity contribution < 1.29 is 13.2 Å². The van der Waals surface area contributed by atoms with Gasteiger partial charge in [-0.05, 0) is 25.0 Å². The molecule has 6 nitrogen and oxygen atoms in total. The van der Waals surface area contributed by atoms with Crippen LogP contribution in [0.5, 0.6) is 0 Å². The van der Waals surface area contributed by atoms with Crippen LogP contribution in [0.3, 0.4) is 0 Å². The van der Waals surface area contributed by atoms with E-state index in [9.17, 15) is 13.2 Å². The summed E-state index contributed by atoms with van der Waals surface area (Å²) in [5.74, 6) is -0.356. The van der Waals surface area contributed by atoms with Crippen LogP contribution in [0.25, 0.3) is 11.3 Å². The van der Waals surface area contributed by atoms with E-state index in [2.05, 4.69) is 10.3 Å². The molecule has 10 heteroatoms. The SMILES string of the molecule is CS(=O)(=O)N1CCCCC1C(=O)Nc1nc(-c2ccc(Cl)c(Cl)c2)cs1. The molecular weight excluding hydrogens is 417 g/mol. The monoisotopic (exact) mass is 433 g/mol. The molecule has 1 saturated heterocycles. The summed E-state index contributed by atoms with van der Waals surface area (Å²) in [5, 5.41) is 5.82.